The molecule has 0 amide bonds. The first-order valence-corrected chi connectivity index (χ1v) is 28.5. The number of esters is 2. The van der Waals surface area contributed by atoms with Crippen LogP contribution in [0.1, 0.15) is 106 Å². The Kier molecular flexibility index (Phi) is 20.9. The average Bonchev–Trinajstić information content (AvgIpc) is 3.88. The fourth-order valence-corrected chi connectivity index (χ4v) is 14.5. The molecule has 0 aromatic heterocycles. The van der Waals surface area contributed by atoms with Crippen LogP contribution in [0, 0.1) is 29.1 Å². The first-order valence-electron chi connectivity index (χ1n) is 28.1. The van der Waals surface area contributed by atoms with Crippen molar-refractivity contribution in [1.29, 1.82) is 0 Å². The topological polar surface area (TPSA) is 327 Å². The number of carboxylic acid groups (broad SMARTS) is 1. The molecule has 5 aliphatic carbocycles. The molecule has 440 valence electrons. The van der Waals surface area contributed by atoms with E-state index in [0.717, 1.165) is 0 Å². The Labute approximate surface area is 487 Å². The van der Waals surface area contributed by atoms with Crippen molar-refractivity contribution >= 4 is 77.6 Å². The number of hydrogen-bond donors (Lipinski definition) is 11. The summed E-state index contributed by atoms with van der Waals surface area (Å²) in [4.78, 5) is 40.0. The van der Waals surface area contributed by atoms with E-state index in [1.54, 1.807) is 26.8 Å². The highest BCUT2D eigenvalue weighted by Crippen LogP contribution is 2.81. The Morgan fingerprint density at radius 2 is 1.53 bits per heavy atom. The van der Waals surface area contributed by atoms with E-state index in [1.807, 2.05) is 0 Å². The lowest BCUT2D eigenvalue weighted by atomic mass is 9.20. The molecule has 6 fully saturated rings. The SMILES string of the molecule is [B]C1([B])C2CC[C@]3([B])C(CC=C4C5C[C@@]([B])(S)[C@@H](OC(=O)/C(C)=C\C)[C@H](O)[C@]5(COC(=O)C(C)CC)[C@H](O)[C@H](O)[C@]43[B])[C@@]2([B])CC[C@@H]1OC(OC(C(=O)O)C(C[C@@H](C)O)O[C@H]1CC[C@H](CO)O1)[C@H](C)OC1OC(CO)C(O)C(O)C1O. The molecular formula is C53H78B6O21S. The standard InChI is InChI=1S/C53H78B6O21S/c1-7-22(3)44(71)73-21-48-28(18-51(56,81)42(41(48)68)80-45(72)23(4)8-2)27-10-11-31-49(54)15-14-33(53(58,59)32(49)13-16-50(31,55)52(27,57)40(67)39(48)66)78-46(25(6)74-47-37(65)36(64)35(63)30(20-61)77-47)79-38(43(69)70)29(17-24(5)62)76-34-12-9-26(19-60)75-34/h8,10,22,24-26,28-42,46-47,60-68,81H,7,9,11-21H2,1-6H3,(H,69,70)/b23-8-/t22?,24-,25+,26-,28?,29?,30?,31?,32?,33+,34+,35?,36?,37?,38?,39-,40+,41+,42+,46?,47?,48+,49+,50+,51-,52-/m1/s1. The van der Waals surface area contributed by atoms with Crippen LogP contribution < -0.4 is 0 Å². The van der Waals surface area contributed by atoms with E-state index in [-0.39, 0.29) is 69.1 Å². The molecule has 4 saturated carbocycles. The van der Waals surface area contributed by atoms with Crippen LogP contribution in [-0.4, -0.2) is 245 Å². The number of aliphatic carboxylic acids is 1. The third kappa shape index (κ3) is 12.0. The lowest BCUT2D eigenvalue weighted by molar-refractivity contribution is -0.339. The van der Waals surface area contributed by atoms with E-state index in [2.05, 4.69) is 0 Å². The fourth-order valence-electron chi connectivity index (χ4n) is 14.1. The second-order valence-electron chi connectivity index (χ2n) is 24.1. The first kappa shape index (κ1) is 66.6. The minimum Gasteiger partial charge on any atom is -0.479 e. The van der Waals surface area contributed by atoms with Crippen LogP contribution in [0.2, 0.25) is 21.2 Å². The summed E-state index contributed by atoms with van der Waals surface area (Å²) in [5, 5.41) is 104. The minimum atomic E-state index is -2.05. The summed E-state index contributed by atoms with van der Waals surface area (Å²) in [6.45, 7) is 7.51. The Morgan fingerprint density at radius 3 is 2.12 bits per heavy atom. The van der Waals surface area contributed by atoms with Crippen molar-refractivity contribution in [2.45, 2.75) is 236 Å². The molecule has 26 atom stereocenters. The number of rotatable bonds is 21. The number of fused-ring (bicyclic) bond motifs is 7. The molecule has 2 saturated heterocycles. The summed E-state index contributed by atoms with van der Waals surface area (Å²) < 4.78 is 46.3. The Bertz CT molecular complexity index is 2300. The number of carbonyl (C=O) groups is 3. The molecule has 12 radical (unpaired) electrons. The van der Waals surface area contributed by atoms with Crippen LogP contribution in [-0.2, 0) is 52.3 Å². The van der Waals surface area contributed by atoms with Gasteiger partial charge in [-0.1, -0.05) is 72.6 Å². The van der Waals surface area contributed by atoms with Crippen LogP contribution >= 0.6 is 12.6 Å². The third-order valence-electron chi connectivity index (χ3n) is 19.2. The Hall–Kier alpha value is -1.97. The van der Waals surface area contributed by atoms with Gasteiger partial charge in [-0.3, -0.25) is 4.79 Å². The van der Waals surface area contributed by atoms with Crippen molar-refractivity contribution in [2.24, 2.45) is 29.1 Å². The van der Waals surface area contributed by atoms with Crippen LogP contribution in [0.5, 0.6) is 0 Å². The van der Waals surface area contributed by atoms with E-state index in [1.165, 1.54) is 26.8 Å². The van der Waals surface area contributed by atoms with Crippen LogP contribution in [0.3, 0.4) is 0 Å². The largest absolute Gasteiger partial charge is 0.479 e. The number of allylic oxidation sites excluding steroid dienone is 2. The van der Waals surface area contributed by atoms with E-state index in [9.17, 15) is 65.4 Å². The monoisotopic (exact) mass is 1150 g/mol. The highest BCUT2D eigenvalue weighted by Gasteiger charge is 2.75. The van der Waals surface area contributed by atoms with Gasteiger partial charge in [-0.25, -0.2) is 9.59 Å². The van der Waals surface area contributed by atoms with Gasteiger partial charge in [0.05, 0.1) is 102 Å². The van der Waals surface area contributed by atoms with Crippen molar-refractivity contribution in [3.63, 3.8) is 0 Å². The van der Waals surface area contributed by atoms with Crippen molar-refractivity contribution < 1.29 is 103 Å². The zero-order valence-electron chi connectivity index (χ0n) is 46.8. The molecule has 2 heterocycles. The third-order valence-corrected chi connectivity index (χ3v) is 19.6. The first-order chi connectivity index (χ1) is 37.8. The summed E-state index contributed by atoms with van der Waals surface area (Å²) in [5.41, 5.74) is -1.55. The van der Waals surface area contributed by atoms with Crippen LogP contribution in [0.4, 0.5) is 0 Å². The van der Waals surface area contributed by atoms with Gasteiger partial charge in [0.1, 0.15) is 55.4 Å². The maximum atomic E-state index is 13.4. The van der Waals surface area contributed by atoms with Gasteiger partial charge in [0.2, 0.25) is 0 Å². The molecule has 28 heteroatoms. The molecule has 0 aromatic rings. The molecular weight excluding hydrogens is 1070 g/mol. The summed E-state index contributed by atoms with van der Waals surface area (Å²) in [7, 11) is 44.2. The molecule has 7 rings (SSSR count). The van der Waals surface area contributed by atoms with Crippen LogP contribution in [0.25, 0.3) is 0 Å². The predicted octanol–water partition coefficient (Wildman–Crippen LogP) is -1.02. The van der Waals surface area contributed by atoms with Gasteiger partial charge in [-0.05, 0) is 76.9 Å². The summed E-state index contributed by atoms with van der Waals surface area (Å²) in [6.07, 6.45) is -23.2. The maximum Gasteiger partial charge on any atom is 0.335 e. The Morgan fingerprint density at radius 1 is 0.852 bits per heavy atom. The number of thiol groups is 1. The molecule has 2 aliphatic heterocycles. The molecule has 0 bridgehead atoms. The molecule has 21 nitrogen and oxygen atoms in total. The second-order valence-corrected chi connectivity index (χ2v) is 25.0. The van der Waals surface area contributed by atoms with Gasteiger partial charge in [0.25, 0.3) is 0 Å². The maximum absolute atomic E-state index is 13.4. The molecule has 81 heavy (non-hydrogen) atoms. The van der Waals surface area contributed by atoms with Gasteiger partial charge in [-0.2, -0.15) is 12.6 Å². The van der Waals surface area contributed by atoms with Crippen molar-refractivity contribution in [3.05, 3.63) is 23.3 Å². The average molecular weight is 1150 g/mol. The quantitative estimate of drug-likeness (QED) is 0.0164. The van der Waals surface area contributed by atoms with Crippen molar-refractivity contribution in [1.82, 2.24) is 0 Å². The minimum absolute atomic E-state index is 0.00675. The number of aliphatic hydroxyl groups is 9. The number of hydrogen-bond acceptors (Lipinski definition) is 21. The number of carboxylic acids is 1. The Balaban J connectivity index is 1.23. The summed E-state index contributed by atoms with van der Waals surface area (Å²) in [6, 6.07) is 0. The molecule has 7 aliphatic rings. The predicted molar refractivity (Wildman–Crippen MR) is 295 cm³/mol. The number of aliphatic hydroxyl groups excluding tert-OH is 9. The van der Waals surface area contributed by atoms with Crippen molar-refractivity contribution in [2.75, 3.05) is 19.8 Å². The van der Waals surface area contributed by atoms with E-state index < -0.39 is 190 Å². The van der Waals surface area contributed by atoms with E-state index in [4.69, 9.17) is 97.6 Å². The van der Waals surface area contributed by atoms with Gasteiger partial charge in [-0.15, -0.1) is 0 Å². The molecule has 10 N–H and O–H groups in total. The van der Waals surface area contributed by atoms with E-state index in [0.29, 0.717) is 12.8 Å². The lowest BCUT2D eigenvalue weighted by Crippen LogP contribution is -2.75. The zero-order chi connectivity index (χ0) is 60.3. The van der Waals surface area contributed by atoms with Gasteiger partial charge in [0.15, 0.2) is 25.0 Å². The number of ether oxygens (including phenoxy) is 8. The van der Waals surface area contributed by atoms with Crippen molar-refractivity contribution in [3.8, 4) is 0 Å². The zero-order valence-corrected chi connectivity index (χ0v) is 47.7. The fraction of sp³-hybridized carbons (Fsp3) is 0.868. The van der Waals surface area contributed by atoms with Crippen LogP contribution in [0.15, 0.2) is 23.3 Å². The van der Waals surface area contributed by atoms with Gasteiger partial charge < -0.3 is 89.0 Å². The lowest BCUT2D eigenvalue weighted by Gasteiger charge is -2.74. The van der Waals surface area contributed by atoms with Gasteiger partial charge >= 0.3 is 17.9 Å². The smallest absolute Gasteiger partial charge is 0.335 e. The number of carbonyl (C=O) groups excluding carboxylic acids is 2. The molecule has 0 spiro atoms. The highest BCUT2D eigenvalue weighted by atomic mass is 32.1. The molecule has 0 aromatic carbocycles. The van der Waals surface area contributed by atoms with Gasteiger partial charge in [0, 0.05) is 23.1 Å². The summed E-state index contributed by atoms with van der Waals surface area (Å²) in [5.74, 6) is -6.56. The normalized spacial score (nSPS) is 44.3. The molecule has 12 unspecified atom stereocenters. The summed E-state index contributed by atoms with van der Waals surface area (Å²) >= 11 is 4.76. The van der Waals surface area contributed by atoms with E-state index >= 15 is 0 Å². The second kappa shape index (κ2) is 25.4. The highest BCUT2D eigenvalue weighted by molar-refractivity contribution is 7.83.